The molecular weight excluding hydrogens is 290 g/mol. The Morgan fingerprint density at radius 1 is 1.17 bits per heavy atom. The van der Waals surface area contributed by atoms with Crippen LogP contribution < -0.4 is 15.5 Å². The third-order valence-electron chi connectivity index (χ3n) is 4.37. The Bertz CT molecular complexity index is 576. The summed E-state index contributed by atoms with van der Waals surface area (Å²) in [6, 6.07) is 5.33. The molecule has 3 amide bonds. The van der Waals surface area contributed by atoms with E-state index in [4.69, 9.17) is 0 Å². The first-order valence-corrected chi connectivity index (χ1v) is 8.35. The molecule has 23 heavy (non-hydrogen) atoms. The van der Waals surface area contributed by atoms with Crippen LogP contribution in [0.3, 0.4) is 0 Å². The molecule has 0 bridgehead atoms. The van der Waals surface area contributed by atoms with Crippen LogP contribution in [-0.4, -0.2) is 31.6 Å². The van der Waals surface area contributed by atoms with Crippen LogP contribution in [0.15, 0.2) is 18.2 Å². The van der Waals surface area contributed by atoms with E-state index >= 15 is 0 Å². The van der Waals surface area contributed by atoms with Gasteiger partial charge in [-0.25, -0.2) is 4.79 Å². The Balaban J connectivity index is 1.83. The number of imide groups is 1. The maximum absolute atomic E-state index is 12.1. The highest BCUT2D eigenvalue weighted by Crippen LogP contribution is 2.15. The summed E-state index contributed by atoms with van der Waals surface area (Å²) < 4.78 is 0. The smallest absolute Gasteiger partial charge is 0.326 e. The van der Waals surface area contributed by atoms with Crippen molar-refractivity contribution in [2.24, 2.45) is 11.8 Å². The lowest BCUT2D eigenvalue weighted by molar-refractivity contribution is -0.904. The number of aryl methyl sites for hydroxylation is 2. The third kappa shape index (κ3) is 5.36. The molecule has 0 saturated carbocycles. The van der Waals surface area contributed by atoms with Crippen LogP contribution in [0.25, 0.3) is 0 Å². The maximum Gasteiger partial charge on any atom is 0.326 e. The zero-order valence-corrected chi connectivity index (χ0v) is 14.5. The molecule has 1 aromatic carbocycles. The summed E-state index contributed by atoms with van der Waals surface area (Å²) in [6.45, 7) is 10.7. The zero-order chi connectivity index (χ0) is 17.0. The molecule has 0 aromatic heterocycles. The van der Waals surface area contributed by atoms with Gasteiger partial charge >= 0.3 is 6.03 Å². The van der Waals surface area contributed by atoms with Gasteiger partial charge in [-0.3, -0.25) is 10.1 Å². The van der Waals surface area contributed by atoms with E-state index in [9.17, 15) is 9.59 Å². The fraction of sp³-hybridized carbons (Fsp3) is 0.556. The normalized spacial score (nSPS) is 24.1. The number of rotatable bonds is 3. The molecule has 2 rings (SSSR count). The number of benzene rings is 1. The molecule has 5 heteroatoms. The van der Waals surface area contributed by atoms with Crippen LogP contribution in [0.2, 0.25) is 0 Å². The van der Waals surface area contributed by atoms with E-state index in [2.05, 4.69) is 24.5 Å². The first-order chi connectivity index (χ1) is 10.8. The van der Waals surface area contributed by atoms with Gasteiger partial charge < -0.3 is 10.2 Å². The minimum Gasteiger partial charge on any atom is -0.327 e. The predicted octanol–water partition coefficient (Wildman–Crippen LogP) is 1.51. The van der Waals surface area contributed by atoms with Gasteiger partial charge in [-0.2, -0.15) is 0 Å². The Hall–Kier alpha value is -1.88. The Kier molecular flexibility index (Phi) is 5.77. The van der Waals surface area contributed by atoms with Crippen molar-refractivity contribution in [2.45, 2.75) is 34.1 Å². The molecule has 1 aliphatic rings. The first kappa shape index (κ1) is 17.5. The lowest BCUT2D eigenvalue weighted by Gasteiger charge is -2.31. The Morgan fingerprint density at radius 3 is 2.43 bits per heavy atom. The van der Waals surface area contributed by atoms with Crippen LogP contribution in [0.5, 0.6) is 0 Å². The summed E-state index contributed by atoms with van der Waals surface area (Å²) in [7, 11) is 0. The van der Waals surface area contributed by atoms with Gasteiger partial charge in [0.1, 0.15) is 0 Å². The van der Waals surface area contributed by atoms with E-state index in [0.29, 0.717) is 18.4 Å². The standard InChI is InChI=1S/C18H27N3O2/c1-12-5-6-16(15(4)8-12)19-18(23)20-17(22)11-21-9-13(2)7-14(3)10-21/h5-6,8,13-14H,7,9-11H2,1-4H3,(H2,19,20,22,23)/p+1/t13-,14-/m1/s1. The highest BCUT2D eigenvalue weighted by molar-refractivity contribution is 6.01. The van der Waals surface area contributed by atoms with E-state index in [1.54, 1.807) is 0 Å². The summed E-state index contributed by atoms with van der Waals surface area (Å²) in [5.41, 5.74) is 2.85. The van der Waals surface area contributed by atoms with Crippen molar-refractivity contribution in [1.82, 2.24) is 5.32 Å². The molecule has 1 heterocycles. The molecule has 1 saturated heterocycles. The average Bonchev–Trinajstić information content (AvgIpc) is 2.40. The van der Waals surface area contributed by atoms with Gasteiger partial charge in [0.15, 0.2) is 6.54 Å². The largest absolute Gasteiger partial charge is 0.327 e. The molecule has 0 spiro atoms. The van der Waals surface area contributed by atoms with Gasteiger partial charge in [-0.15, -0.1) is 0 Å². The number of nitrogens with one attached hydrogen (secondary N) is 3. The van der Waals surface area contributed by atoms with Crippen molar-refractivity contribution in [2.75, 3.05) is 25.0 Å². The van der Waals surface area contributed by atoms with Crippen LogP contribution in [-0.2, 0) is 4.79 Å². The Morgan fingerprint density at radius 2 is 1.83 bits per heavy atom. The van der Waals surface area contributed by atoms with E-state index < -0.39 is 6.03 Å². The molecule has 0 aliphatic carbocycles. The number of piperidine rings is 1. The van der Waals surface area contributed by atoms with E-state index in [1.807, 2.05) is 32.0 Å². The molecule has 2 atom stereocenters. The highest BCUT2D eigenvalue weighted by Gasteiger charge is 2.27. The maximum atomic E-state index is 12.1. The number of carbonyl (C=O) groups is 2. The number of amides is 3. The molecule has 1 fully saturated rings. The van der Waals surface area contributed by atoms with Gasteiger partial charge in [-0.1, -0.05) is 31.5 Å². The first-order valence-electron chi connectivity index (χ1n) is 8.35. The summed E-state index contributed by atoms with van der Waals surface area (Å²) in [5.74, 6) is 1.04. The molecule has 3 N–H and O–H groups in total. The summed E-state index contributed by atoms with van der Waals surface area (Å²) >= 11 is 0. The monoisotopic (exact) mass is 318 g/mol. The number of likely N-dealkylation sites (tertiary alicyclic amines) is 1. The molecule has 0 unspecified atom stereocenters. The number of carbonyl (C=O) groups excluding carboxylic acids is 2. The topological polar surface area (TPSA) is 62.6 Å². The van der Waals surface area contributed by atoms with Gasteiger partial charge in [0, 0.05) is 17.5 Å². The van der Waals surface area contributed by atoms with Gasteiger partial charge in [-0.05, 0) is 31.9 Å². The zero-order valence-electron chi connectivity index (χ0n) is 14.5. The van der Waals surface area contributed by atoms with Crippen molar-refractivity contribution < 1.29 is 14.5 Å². The second-order valence-electron chi connectivity index (χ2n) is 7.10. The number of urea groups is 1. The van der Waals surface area contributed by atoms with Crippen LogP contribution in [0.1, 0.15) is 31.4 Å². The Labute approximate surface area is 138 Å². The SMILES string of the molecule is Cc1ccc(NC(=O)NC(=O)C[NH+]2C[C@H](C)C[C@@H](C)C2)c(C)c1. The fourth-order valence-corrected chi connectivity index (χ4v) is 3.57. The molecule has 5 nitrogen and oxygen atoms in total. The number of quaternary nitrogens is 1. The van der Waals surface area contributed by atoms with Crippen molar-refractivity contribution in [3.05, 3.63) is 29.3 Å². The van der Waals surface area contributed by atoms with Crippen molar-refractivity contribution in [1.29, 1.82) is 0 Å². The van der Waals surface area contributed by atoms with Crippen LogP contribution >= 0.6 is 0 Å². The predicted molar refractivity (Wildman–Crippen MR) is 91.6 cm³/mol. The van der Waals surface area contributed by atoms with Crippen molar-refractivity contribution in [3.63, 3.8) is 0 Å². The van der Waals surface area contributed by atoms with Gasteiger partial charge in [0.05, 0.1) is 13.1 Å². The fourth-order valence-electron chi connectivity index (χ4n) is 3.57. The number of anilines is 1. The summed E-state index contributed by atoms with van der Waals surface area (Å²) in [4.78, 5) is 25.3. The second-order valence-corrected chi connectivity index (χ2v) is 7.10. The van der Waals surface area contributed by atoms with Crippen LogP contribution in [0.4, 0.5) is 10.5 Å². The van der Waals surface area contributed by atoms with Gasteiger partial charge in [0.25, 0.3) is 5.91 Å². The highest BCUT2D eigenvalue weighted by atomic mass is 16.2. The number of hydrogen-bond acceptors (Lipinski definition) is 2. The van der Waals surface area contributed by atoms with Crippen LogP contribution in [0, 0.1) is 25.7 Å². The molecule has 1 aliphatic heterocycles. The third-order valence-corrected chi connectivity index (χ3v) is 4.37. The lowest BCUT2D eigenvalue weighted by Crippen LogP contribution is -3.15. The van der Waals surface area contributed by atoms with E-state index in [-0.39, 0.29) is 5.91 Å². The minimum atomic E-state index is -0.459. The average molecular weight is 318 g/mol. The summed E-state index contributed by atoms with van der Waals surface area (Å²) in [6.07, 6.45) is 1.22. The molecule has 0 radical (unpaired) electrons. The quantitative estimate of drug-likeness (QED) is 0.791. The number of hydrogen-bond donors (Lipinski definition) is 3. The molecule has 126 valence electrons. The lowest BCUT2D eigenvalue weighted by atomic mass is 9.92. The second kappa shape index (κ2) is 7.59. The minimum absolute atomic E-state index is 0.219. The van der Waals surface area contributed by atoms with Crippen molar-refractivity contribution >= 4 is 17.6 Å². The summed E-state index contributed by atoms with van der Waals surface area (Å²) in [5, 5.41) is 5.18. The van der Waals surface area contributed by atoms with E-state index in [1.165, 1.54) is 11.3 Å². The van der Waals surface area contributed by atoms with Gasteiger partial charge in [0.2, 0.25) is 0 Å². The molecule has 1 aromatic rings. The molecular formula is C18H28N3O2+. The van der Waals surface area contributed by atoms with Crippen molar-refractivity contribution in [3.8, 4) is 0 Å². The van der Waals surface area contributed by atoms with E-state index in [0.717, 1.165) is 29.9 Å².